The van der Waals surface area contributed by atoms with E-state index in [1.807, 2.05) is 31.2 Å². The molecule has 3 unspecified atom stereocenters. The van der Waals surface area contributed by atoms with Crippen molar-refractivity contribution < 1.29 is 9.47 Å². The summed E-state index contributed by atoms with van der Waals surface area (Å²) in [6.45, 7) is 2.63. The SMILES string of the molecule is Cc1ccccc1C1C2(C#N)C(N)=NC3(OCCO3)C12C#N. The lowest BCUT2D eigenvalue weighted by Crippen LogP contribution is -2.38. The summed E-state index contributed by atoms with van der Waals surface area (Å²) in [5.41, 5.74) is 5.60. The van der Waals surface area contributed by atoms with Crippen LogP contribution < -0.4 is 5.73 Å². The highest BCUT2D eigenvalue weighted by Crippen LogP contribution is 2.82. The molecule has 0 bridgehead atoms. The van der Waals surface area contributed by atoms with Crippen LogP contribution in [0.5, 0.6) is 0 Å². The summed E-state index contributed by atoms with van der Waals surface area (Å²) >= 11 is 0. The van der Waals surface area contributed by atoms with Crippen LogP contribution in [0, 0.1) is 40.4 Å². The molecule has 2 aliphatic heterocycles. The van der Waals surface area contributed by atoms with Crippen molar-refractivity contribution in [2.24, 2.45) is 21.6 Å². The Morgan fingerprint density at radius 1 is 1.23 bits per heavy atom. The summed E-state index contributed by atoms with van der Waals surface area (Å²) < 4.78 is 11.4. The number of nitrogens with two attached hydrogens (primary N) is 1. The zero-order chi connectivity index (χ0) is 15.6. The van der Waals surface area contributed by atoms with E-state index in [9.17, 15) is 10.5 Å². The Labute approximate surface area is 127 Å². The predicted octanol–water partition coefficient (Wildman–Crippen LogP) is 1.18. The Bertz CT molecular complexity index is 784. The number of rotatable bonds is 1. The van der Waals surface area contributed by atoms with Crippen LogP contribution in [0.15, 0.2) is 29.3 Å². The minimum atomic E-state index is -1.45. The zero-order valence-corrected chi connectivity index (χ0v) is 12.0. The Morgan fingerprint density at radius 2 is 1.91 bits per heavy atom. The number of nitriles is 2. The molecule has 4 rings (SSSR count). The molecular weight excluding hydrogens is 280 g/mol. The van der Waals surface area contributed by atoms with Gasteiger partial charge in [0.05, 0.1) is 25.4 Å². The van der Waals surface area contributed by atoms with Gasteiger partial charge in [0.25, 0.3) is 5.91 Å². The highest BCUT2D eigenvalue weighted by molar-refractivity contribution is 6.00. The highest BCUT2D eigenvalue weighted by atomic mass is 16.8. The molecule has 2 fully saturated rings. The topological polar surface area (TPSA) is 104 Å². The van der Waals surface area contributed by atoms with Crippen molar-refractivity contribution in [3.8, 4) is 12.1 Å². The van der Waals surface area contributed by atoms with Crippen LogP contribution in [0.4, 0.5) is 0 Å². The first-order chi connectivity index (χ1) is 10.6. The number of amidine groups is 1. The lowest BCUT2D eigenvalue weighted by Gasteiger charge is -2.26. The number of ether oxygens (including phenoxy) is 2. The van der Waals surface area contributed by atoms with Gasteiger partial charge in [0.1, 0.15) is 11.3 Å². The largest absolute Gasteiger partial charge is 0.386 e. The minimum absolute atomic E-state index is 0.131. The summed E-state index contributed by atoms with van der Waals surface area (Å²) in [6, 6.07) is 12.2. The van der Waals surface area contributed by atoms with Crippen LogP contribution in [0.3, 0.4) is 0 Å². The Hall–Kier alpha value is -2.41. The quantitative estimate of drug-likeness (QED) is 0.837. The minimum Gasteiger partial charge on any atom is -0.386 e. The second kappa shape index (κ2) is 3.86. The van der Waals surface area contributed by atoms with Crippen molar-refractivity contribution in [1.29, 1.82) is 10.5 Å². The van der Waals surface area contributed by atoms with Crippen LogP contribution in [0.2, 0.25) is 0 Å². The monoisotopic (exact) mass is 294 g/mol. The normalized spacial score (nSPS) is 37.2. The Kier molecular flexibility index (Phi) is 2.33. The molecule has 0 aromatic heterocycles. The standard InChI is InChI=1S/C16H14N4O2/c1-10-4-2-3-5-11(10)12-14(8-17)13(19)20-16(15(12,14)9-18)21-6-7-22-16/h2-5,12H,6-7H2,1H3,(H2,19,20). The first kappa shape index (κ1) is 13.3. The average molecular weight is 294 g/mol. The summed E-state index contributed by atoms with van der Waals surface area (Å²) in [5.74, 6) is -1.72. The number of aliphatic imine (C=N–C) groups is 1. The molecule has 2 N–H and O–H groups in total. The molecule has 22 heavy (non-hydrogen) atoms. The molecule has 1 saturated heterocycles. The molecule has 1 spiro atoms. The smallest absolute Gasteiger partial charge is 0.293 e. The maximum Gasteiger partial charge on any atom is 0.293 e. The number of aryl methyl sites for hydroxylation is 1. The van der Waals surface area contributed by atoms with Gasteiger partial charge < -0.3 is 15.2 Å². The third-order valence-electron chi connectivity index (χ3n) is 5.11. The van der Waals surface area contributed by atoms with Gasteiger partial charge >= 0.3 is 0 Å². The molecule has 6 heteroatoms. The van der Waals surface area contributed by atoms with Gasteiger partial charge in [-0.05, 0) is 18.1 Å². The molecule has 0 radical (unpaired) electrons. The van der Waals surface area contributed by atoms with E-state index >= 15 is 0 Å². The van der Waals surface area contributed by atoms with Crippen LogP contribution in [0.1, 0.15) is 17.0 Å². The van der Waals surface area contributed by atoms with Crippen molar-refractivity contribution >= 4 is 5.84 Å². The maximum absolute atomic E-state index is 9.94. The van der Waals surface area contributed by atoms with Gasteiger partial charge in [-0.1, -0.05) is 24.3 Å². The Balaban J connectivity index is 1.97. The molecule has 1 saturated carbocycles. The number of nitrogens with zero attached hydrogens (tertiary/aromatic N) is 3. The number of hydrogen-bond donors (Lipinski definition) is 1. The summed E-state index contributed by atoms with van der Waals surface area (Å²) in [5, 5.41) is 19.8. The van der Waals surface area contributed by atoms with Gasteiger partial charge in [-0.15, -0.1) is 0 Å². The molecule has 110 valence electrons. The number of hydrogen-bond acceptors (Lipinski definition) is 6. The van der Waals surface area contributed by atoms with Gasteiger partial charge in [-0.2, -0.15) is 10.5 Å². The lowest BCUT2D eigenvalue weighted by molar-refractivity contribution is -0.184. The van der Waals surface area contributed by atoms with Crippen LogP contribution >= 0.6 is 0 Å². The van der Waals surface area contributed by atoms with E-state index in [1.54, 1.807) is 0 Å². The molecular formula is C16H14N4O2. The third kappa shape index (κ3) is 1.09. The molecule has 0 amide bonds. The zero-order valence-electron chi connectivity index (χ0n) is 12.0. The average Bonchev–Trinajstić information content (AvgIpc) is 2.76. The molecule has 3 atom stereocenters. The number of benzene rings is 1. The van der Waals surface area contributed by atoms with E-state index in [-0.39, 0.29) is 5.84 Å². The summed E-state index contributed by atoms with van der Waals surface area (Å²) in [6.07, 6.45) is 0. The second-order valence-electron chi connectivity index (χ2n) is 5.91. The van der Waals surface area contributed by atoms with E-state index in [0.29, 0.717) is 13.2 Å². The Morgan fingerprint density at radius 3 is 2.50 bits per heavy atom. The van der Waals surface area contributed by atoms with Gasteiger partial charge in [0.2, 0.25) is 0 Å². The summed E-state index contributed by atoms with van der Waals surface area (Å²) in [4.78, 5) is 4.25. The molecule has 2 heterocycles. The summed E-state index contributed by atoms with van der Waals surface area (Å²) in [7, 11) is 0. The first-order valence-electron chi connectivity index (χ1n) is 7.11. The molecule has 1 aromatic carbocycles. The van der Waals surface area contributed by atoms with E-state index < -0.39 is 22.7 Å². The van der Waals surface area contributed by atoms with Crippen molar-refractivity contribution in [3.63, 3.8) is 0 Å². The third-order valence-corrected chi connectivity index (χ3v) is 5.11. The van der Waals surface area contributed by atoms with Crippen molar-refractivity contribution in [1.82, 2.24) is 0 Å². The predicted molar refractivity (Wildman–Crippen MR) is 76.3 cm³/mol. The van der Waals surface area contributed by atoms with Crippen molar-refractivity contribution in [2.45, 2.75) is 18.8 Å². The first-order valence-corrected chi connectivity index (χ1v) is 7.11. The van der Waals surface area contributed by atoms with Crippen LogP contribution in [-0.2, 0) is 9.47 Å². The van der Waals surface area contributed by atoms with E-state index in [0.717, 1.165) is 11.1 Å². The van der Waals surface area contributed by atoms with Gasteiger partial charge in [0, 0.05) is 5.92 Å². The molecule has 3 aliphatic rings. The molecule has 1 aromatic rings. The fourth-order valence-corrected chi connectivity index (χ4v) is 4.10. The number of fused-ring (bicyclic) bond motifs is 2. The lowest BCUT2D eigenvalue weighted by atomic mass is 9.93. The van der Waals surface area contributed by atoms with E-state index in [4.69, 9.17) is 15.2 Å². The van der Waals surface area contributed by atoms with Gasteiger partial charge in [-0.3, -0.25) is 0 Å². The van der Waals surface area contributed by atoms with Crippen molar-refractivity contribution in [3.05, 3.63) is 35.4 Å². The molecule has 1 aliphatic carbocycles. The van der Waals surface area contributed by atoms with Gasteiger partial charge in [0.15, 0.2) is 5.41 Å². The van der Waals surface area contributed by atoms with Crippen LogP contribution in [0.25, 0.3) is 0 Å². The van der Waals surface area contributed by atoms with Crippen LogP contribution in [-0.4, -0.2) is 25.0 Å². The maximum atomic E-state index is 9.94. The van der Waals surface area contributed by atoms with Crippen molar-refractivity contribution in [2.75, 3.05) is 13.2 Å². The second-order valence-corrected chi connectivity index (χ2v) is 5.91. The molecule has 6 nitrogen and oxygen atoms in total. The fraction of sp³-hybridized carbons (Fsp3) is 0.438. The van der Waals surface area contributed by atoms with E-state index in [2.05, 4.69) is 17.1 Å². The van der Waals surface area contributed by atoms with Gasteiger partial charge in [-0.25, -0.2) is 4.99 Å². The fourth-order valence-electron chi connectivity index (χ4n) is 4.10. The highest BCUT2D eigenvalue weighted by Gasteiger charge is 2.94. The van der Waals surface area contributed by atoms with E-state index in [1.165, 1.54) is 0 Å².